The molecule has 1 atom stereocenters. The smallest absolute Gasteiger partial charge is 0.333 e. The molecule has 0 saturated heterocycles. The van der Waals surface area contributed by atoms with Crippen LogP contribution in [0.25, 0.3) is 0 Å². The Morgan fingerprint density at radius 1 is 1.35 bits per heavy atom. The van der Waals surface area contributed by atoms with Crippen molar-refractivity contribution < 1.29 is 19.4 Å². The maximum Gasteiger partial charge on any atom is 0.333 e. The summed E-state index contributed by atoms with van der Waals surface area (Å²) in [6.45, 7) is 4.97. The molecule has 4 heteroatoms. The first-order valence-corrected chi connectivity index (χ1v) is 5.28. The second kappa shape index (κ2) is 6.70. The Bertz CT molecular complexity index is 372. The van der Waals surface area contributed by atoms with Crippen molar-refractivity contribution in [3.63, 3.8) is 0 Å². The fourth-order valence-electron chi connectivity index (χ4n) is 1.05. The van der Waals surface area contributed by atoms with Crippen molar-refractivity contribution in [3.05, 3.63) is 42.5 Å². The molecule has 0 amide bonds. The minimum Gasteiger partial charge on any atom is -0.491 e. The van der Waals surface area contributed by atoms with Crippen LogP contribution >= 0.6 is 0 Å². The van der Waals surface area contributed by atoms with Crippen LogP contribution in [0.5, 0.6) is 5.75 Å². The number of ether oxygens (including phenoxy) is 2. The number of esters is 1. The van der Waals surface area contributed by atoms with Crippen LogP contribution in [0.15, 0.2) is 42.5 Å². The van der Waals surface area contributed by atoms with E-state index in [1.165, 1.54) is 0 Å². The number of hydrogen-bond acceptors (Lipinski definition) is 4. The molecule has 0 heterocycles. The molecular formula is C13H16O4. The number of rotatable bonds is 6. The Morgan fingerprint density at radius 3 is 2.59 bits per heavy atom. The van der Waals surface area contributed by atoms with E-state index in [1.807, 2.05) is 18.2 Å². The summed E-state index contributed by atoms with van der Waals surface area (Å²) in [6.07, 6.45) is -0.849. The Kier molecular flexibility index (Phi) is 5.23. The van der Waals surface area contributed by atoms with Crippen molar-refractivity contribution in [2.75, 3.05) is 13.2 Å². The Hall–Kier alpha value is -1.81. The Morgan fingerprint density at radius 2 is 2.00 bits per heavy atom. The van der Waals surface area contributed by atoms with Gasteiger partial charge in [0.05, 0.1) is 0 Å². The summed E-state index contributed by atoms with van der Waals surface area (Å²) in [5.74, 6) is 0.154. The van der Waals surface area contributed by atoms with Crippen LogP contribution in [0.3, 0.4) is 0 Å². The van der Waals surface area contributed by atoms with Gasteiger partial charge in [-0.1, -0.05) is 24.8 Å². The Balaban J connectivity index is 2.24. The van der Waals surface area contributed by atoms with Gasteiger partial charge in [0, 0.05) is 5.57 Å². The molecule has 0 radical (unpaired) electrons. The molecule has 17 heavy (non-hydrogen) atoms. The van der Waals surface area contributed by atoms with E-state index >= 15 is 0 Å². The van der Waals surface area contributed by atoms with Gasteiger partial charge in [0.15, 0.2) is 0 Å². The van der Waals surface area contributed by atoms with Gasteiger partial charge in [0.2, 0.25) is 0 Å². The van der Waals surface area contributed by atoms with Crippen molar-refractivity contribution in [3.8, 4) is 5.75 Å². The molecule has 0 aliphatic heterocycles. The van der Waals surface area contributed by atoms with Crippen LogP contribution in [0.2, 0.25) is 0 Å². The molecule has 0 spiro atoms. The predicted octanol–water partition coefficient (Wildman–Crippen LogP) is 1.55. The average molecular weight is 236 g/mol. The van der Waals surface area contributed by atoms with Crippen LogP contribution in [0.4, 0.5) is 0 Å². The second-order valence-electron chi connectivity index (χ2n) is 3.66. The molecule has 4 nitrogen and oxygen atoms in total. The van der Waals surface area contributed by atoms with E-state index in [0.717, 1.165) is 0 Å². The fraction of sp³-hybridized carbons (Fsp3) is 0.308. The monoisotopic (exact) mass is 236 g/mol. The van der Waals surface area contributed by atoms with Crippen LogP contribution < -0.4 is 4.74 Å². The molecule has 0 saturated carbocycles. The normalized spacial score (nSPS) is 11.6. The highest BCUT2D eigenvalue weighted by Gasteiger charge is 2.09. The van der Waals surface area contributed by atoms with E-state index in [9.17, 15) is 9.90 Å². The maximum atomic E-state index is 11.0. The van der Waals surface area contributed by atoms with E-state index in [2.05, 4.69) is 6.58 Å². The third-order valence-electron chi connectivity index (χ3n) is 1.94. The van der Waals surface area contributed by atoms with Gasteiger partial charge in [-0.2, -0.15) is 0 Å². The quantitative estimate of drug-likeness (QED) is 0.601. The van der Waals surface area contributed by atoms with Crippen LogP contribution in [0.1, 0.15) is 6.92 Å². The number of hydrogen-bond donors (Lipinski definition) is 1. The molecular weight excluding hydrogens is 220 g/mol. The molecule has 0 aliphatic carbocycles. The lowest BCUT2D eigenvalue weighted by atomic mass is 10.3. The predicted molar refractivity (Wildman–Crippen MR) is 63.7 cm³/mol. The lowest BCUT2D eigenvalue weighted by Gasteiger charge is -2.12. The average Bonchev–Trinajstić information content (AvgIpc) is 2.34. The first kappa shape index (κ1) is 13.3. The van der Waals surface area contributed by atoms with Gasteiger partial charge in [-0.15, -0.1) is 0 Å². The summed E-state index contributed by atoms with van der Waals surface area (Å²) in [6, 6.07) is 9.11. The number of benzene rings is 1. The van der Waals surface area contributed by atoms with Crippen molar-refractivity contribution in [2.45, 2.75) is 13.0 Å². The summed E-state index contributed by atoms with van der Waals surface area (Å²) in [5.41, 5.74) is 0.307. The molecule has 0 fully saturated rings. The van der Waals surface area contributed by atoms with Crippen LogP contribution in [-0.4, -0.2) is 30.4 Å². The zero-order valence-electron chi connectivity index (χ0n) is 9.76. The minimum absolute atomic E-state index is 0.0769. The van der Waals surface area contributed by atoms with Gasteiger partial charge in [0.25, 0.3) is 0 Å². The third-order valence-corrected chi connectivity index (χ3v) is 1.94. The summed E-state index contributed by atoms with van der Waals surface area (Å²) in [7, 11) is 0. The number of para-hydroxylation sites is 1. The third kappa shape index (κ3) is 5.17. The van der Waals surface area contributed by atoms with E-state index in [-0.39, 0.29) is 13.2 Å². The van der Waals surface area contributed by atoms with Crippen molar-refractivity contribution in [1.82, 2.24) is 0 Å². The largest absolute Gasteiger partial charge is 0.491 e. The van der Waals surface area contributed by atoms with E-state index in [1.54, 1.807) is 19.1 Å². The lowest BCUT2D eigenvalue weighted by molar-refractivity contribution is -0.142. The number of carbonyl (C=O) groups is 1. The Labute approximate surface area is 100 Å². The molecule has 1 rings (SSSR count). The van der Waals surface area contributed by atoms with Gasteiger partial charge in [-0.05, 0) is 19.1 Å². The topological polar surface area (TPSA) is 55.8 Å². The zero-order valence-corrected chi connectivity index (χ0v) is 9.76. The van der Waals surface area contributed by atoms with Crippen LogP contribution in [0, 0.1) is 0 Å². The van der Waals surface area contributed by atoms with Crippen molar-refractivity contribution >= 4 is 5.97 Å². The first-order chi connectivity index (χ1) is 8.09. The SMILES string of the molecule is C=C(C)C(=O)OC[C@H](O)COc1ccccc1. The van der Waals surface area contributed by atoms with Gasteiger partial charge in [0.1, 0.15) is 25.1 Å². The van der Waals surface area contributed by atoms with Crippen LogP contribution in [-0.2, 0) is 9.53 Å². The number of aliphatic hydroxyl groups is 1. The maximum absolute atomic E-state index is 11.0. The van der Waals surface area contributed by atoms with Gasteiger partial charge in [-0.25, -0.2) is 4.79 Å². The molecule has 92 valence electrons. The lowest BCUT2D eigenvalue weighted by Crippen LogP contribution is -2.25. The van der Waals surface area contributed by atoms with E-state index in [0.29, 0.717) is 11.3 Å². The second-order valence-corrected chi connectivity index (χ2v) is 3.66. The van der Waals surface area contributed by atoms with E-state index in [4.69, 9.17) is 9.47 Å². The van der Waals surface area contributed by atoms with Gasteiger partial charge < -0.3 is 14.6 Å². The van der Waals surface area contributed by atoms with Gasteiger partial charge >= 0.3 is 5.97 Å². The molecule has 0 aliphatic rings. The molecule has 0 bridgehead atoms. The van der Waals surface area contributed by atoms with Crippen molar-refractivity contribution in [2.24, 2.45) is 0 Å². The highest BCUT2D eigenvalue weighted by molar-refractivity contribution is 5.86. The zero-order chi connectivity index (χ0) is 12.7. The summed E-state index contributed by atoms with van der Waals surface area (Å²) in [5, 5.41) is 9.51. The number of carbonyl (C=O) groups excluding carboxylic acids is 1. The fourth-order valence-corrected chi connectivity index (χ4v) is 1.05. The molecule has 1 N–H and O–H groups in total. The molecule has 0 aromatic heterocycles. The standard InChI is InChI=1S/C13H16O4/c1-10(2)13(15)17-9-11(14)8-16-12-6-4-3-5-7-12/h3-7,11,14H,1,8-9H2,2H3/t11-/m1/s1. The molecule has 1 aromatic rings. The first-order valence-electron chi connectivity index (χ1n) is 5.28. The van der Waals surface area contributed by atoms with E-state index < -0.39 is 12.1 Å². The molecule has 0 unspecified atom stereocenters. The number of aliphatic hydroxyl groups excluding tert-OH is 1. The molecule has 1 aromatic carbocycles. The summed E-state index contributed by atoms with van der Waals surface area (Å²) in [4.78, 5) is 11.0. The highest BCUT2D eigenvalue weighted by atomic mass is 16.5. The van der Waals surface area contributed by atoms with Crippen molar-refractivity contribution in [1.29, 1.82) is 0 Å². The minimum atomic E-state index is -0.849. The highest BCUT2D eigenvalue weighted by Crippen LogP contribution is 2.08. The summed E-state index contributed by atoms with van der Waals surface area (Å²) < 4.78 is 10.1. The summed E-state index contributed by atoms with van der Waals surface area (Å²) >= 11 is 0. The van der Waals surface area contributed by atoms with Gasteiger partial charge in [-0.3, -0.25) is 0 Å².